The van der Waals surface area contributed by atoms with Crippen molar-refractivity contribution in [2.24, 2.45) is 5.92 Å². The van der Waals surface area contributed by atoms with E-state index >= 15 is 0 Å². The van der Waals surface area contributed by atoms with Gasteiger partial charge in [0.2, 0.25) is 0 Å². The molecule has 2 unspecified atom stereocenters. The Labute approximate surface area is 129 Å². The van der Waals surface area contributed by atoms with Crippen LogP contribution in [0.3, 0.4) is 0 Å². The smallest absolute Gasteiger partial charge is 0.317 e. The van der Waals surface area contributed by atoms with E-state index in [-0.39, 0.29) is 18.6 Å². The Kier molecular flexibility index (Phi) is 5.19. The number of methoxy groups -OCH3 is 1. The van der Waals surface area contributed by atoms with Gasteiger partial charge in [-0.2, -0.15) is 0 Å². The molecule has 120 valence electrons. The fraction of sp³-hybridized carbons (Fsp3) is 0.533. The molecule has 0 radical (unpaired) electrons. The Morgan fingerprint density at radius 1 is 1.55 bits per heavy atom. The lowest BCUT2D eigenvalue weighted by Gasteiger charge is -2.32. The number of urea groups is 1. The molecule has 0 spiro atoms. The molecule has 2 atom stereocenters. The maximum absolute atomic E-state index is 12.3. The molecule has 7 heteroatoms. The second kappa shape index (κ2) is 7.11. The lowest BCUT2D eigenvalue weighted by molar-refractivity contribution is -0.143. The Morgan fingerprint density at radius 2 is 2.32 bits per heavy atom. The van der Waals surface area contributed by atoms with Crippen LogP contribution in [0.2, 0.25) is 0 Å². The van der Waals surface area contributed by atoms with Crippen LogP contribution in [-0.4, -0.2) is 47.2 Å². The first-order chi connectivity index (χ1) is 10.5. The number of aromatic nitrogens is 1. The zero-order valence-corrected chi connectivity index (χ0v) is 12.8. The minimum absolute atomic E-state index is 0.251. The Morgan fingerprint density at radius 3 is 3.00 bits per heavy atom. The molecule has 1 aromatic heterocycles. The number of rotatable bonds is 4. The van der Waals surface area contributed by atoms with E-state index in [0.717, 1.165) is 5.56 Å². The van der Waals surface area contributed by atoms with Gasteiger partial charge in [0.15, 0.2) is 0 Å². The largest absolute Gasteiger partial charge is 0.495 e. The third kappa shape index (κ3) is 3.66. The van der Waals surface area contributed by atoms with Gasteiger partial charge in [0.05, 0.1) is 25.3 Å². The van der Waals surface area contributed by atoms with Crippen molar-refractivity contribution in [2.45, 2.75) is 25.8 Å². The molecule has 2 rings (SSSR count). The number of piperidine rings is 1. The van der Waals surface area contributed by atoms with Gasteiger partial charge in [-0.3, -0.25) is 9.78 Å². The van der Waals surface area contributed by atoms with E-state index in [0.29, 0.717) is 25.1 Å². The number of carboxylic acids is 1. The standard InChI is InChI=1S/C15H21N3O4/c1-10(12-5-6-16-8-13(12)22-2)17-15(21)18-7-3-4-11(9-18)14(19)20/h5-6,8,10-11H,3-4,7,9H2,1-2H3,(H,17,21)(H,19,20). The van der Waals surface area contributed by atoms with Crippen molar-refractivity contribution in [3.05, 3.63) is 24.0 Å². The highest BCUT2D eigenvalue weighted by molar-refractivity contribution is 5.77. The summed E-state index contributed by atoms with van der Waals surface area (Å²) in [6, 6.07) is 1.29. The minimum atomic E-state index is -0.846. The van der Waals surface area contributed by atoms with Gasteiger partial charge in [-0.15, -0.1) is 0 Å². The van der Waals surface area contributed by atoms with E-state index in [1.165, 1.54) is 0 Å². The first kappa shape index (κ1) is 16.1. The monoisotopic (exact) mass is 307 g/mol. The normalized spacial score (nSPS) is 19.4. The van der Waals surface area contributed by atoms with E-state index < -0.39 is 11.9 Å². The highest BCUT2D eigenvalue weighted by Crippen LogP contribution is 2.24. The predicted molar refractivity (Wildman–Crippen MR) is 79.7 cm³/mol. The van der Waals surface area contributed by atoms with Gasteiger partial charge in [-0.05, 0) is 25.8 Å². The molecule has 7 nitrogen and oxygen atoms in total. The summed E-state index contributed by atoms with van der Waals surface area (Å²) in [5.74, 6) is -0.719. The Balaban J connectivity index is 2.00. The van der Waals surface area contributed by atoms with Gasteiger partial charge < -0.3 is 20.1 Å². The van der Waals surface area contributed by atoms with Gasteiger partial charge >= 0.3 is 12.0 Å². The summed E-state index contributed by atoms with van der Waals surface area (Å²) >= 11 is 0. The second-order valence-corrected chi connectivity index (χ2v) is 5.41. The van der Waals surface area contributed by atoms with Gasteiger partial charge in [-0.1, -0.05) is 0 Å². The molecular formula is C15H21N3O4. The highest BCUT2D eigenvalue weighted by Gasteiger charge is 2.28. The maximum Gasteiger partial charge on any atom is 0.317 e. The number of carbonyl (C=O) groups is 2. The predicted octanol–water partition coefficient (Wildman–Crippen LogP) is 1.66. The van der Waals surface area contributed by atoms with Crippen LogP contribution in [0, 0.1) is 5.92 Å². The molecule has 1 saturated heterocycles. The van der Waals surface area contributed by atoms with Crippen LogP contribution < -0.4 is 10.1 Å². The van der Waals surface area contributed by atoms with Crippen molar-refractivity contribution in [3.63, 3.8) is 0 Å². The minimum Gasteiger partial charge on any atom is -0.495 e. The van der Waals surface area contributed by atoms with Crippen molar-refractivity contribution < 1.29 is 19.4 Å². The molecule has 0 aromatic carbocycles. The van der Waals surface area contributed by atoms with Crippen LogP contribution in [0.5, 0.6) is 5.75 Å². The number of carbonyl (C=O) groups excluding carboxylic acids is 1. The van der Waals surface area contributed by atoms with E-state index in [1.54, 1.807) is 30.5 Å². The van der Waals surface area contributed by atoms with E-state index in [1.807, 2.05) is 6.92 Å². The fourth-order valence-electron chi connectivity index (χ4n) is 2.64. The first-order valence-electron chi connectivity index (χ1n) is 7.29. The Bertz CT molecular complexity index is 549. The number of pyridine rings is 1. The summed E-state index contributed by atoms with van der Waals surface area (Å²) in [7, 11) is 1.55. The Hall–Kier alpha value is -2.31. The molecule has 1 aromatic rings. The second-order valence-electron chi connectivity index (χ2n) is 5.41. The average Bonchev–Trinajstić information content (AvgIpc) is 2.54. The number of amides is 2. The summed E-state index contributed by atoms with van der Waals surface area (Å²) in [6.07, 6.45) is 4.56. The number of aliphatic carboxylic acids is 1. The van der Waals surface area contributed by atoms with Crippen LogP contribution in [0.4, 0.5) is 4.79 Å². The van der Waals surface area contributed by atoms with Crippen LogP contribution in [0.15, 0.2) is 18.5 Å². The molecule has 0 saturated carbocycles. The zero-order chi connectivity index (χ0) is 16.1. The van der Waals surface area contributed by atoms with Gasteiger partial charge in [-0.25, -0.2) is 4.79 Å². The third-order valence-corrected chi connectivity index (χ3v) is 3.90. The summed E-state index contributed by atoms with van der Waals surface area (Å²) in [5.41, 5.74) is 0.831. The summed E-state index contributed by atoms with van der Waals surface area (Å²) in [4.78, 5) is 28.9. The molecule has 2 N–H and O–H groups in total. The van der Waals surface area contributed by atoms with Crippen molar-refractivity contribution in [2.75, 3.05) is 20.2 Å². The quantitative estimate of drug-likeness (QED) is 0.882. The maximum atomic E-state index is 12.3. The van der Waals surface area contributed by atoms with Crippen LogP contribution in [-0.2, 0) is 4.79 Å². The molecule has 1 aliphatic rings. The molecule has 1 aliphatic heterocycles. The van der Waals surface area contributed by atoms with Crippen LogP contribution in [0.1, 0.15) is 31.4 Å². The van der Waals surface area contributed by atoms with Crippen molar-refractivity contribution in [1.82, 2.24) is 15.2 Å². The number of nitrogens with zero attached hydrogens (tertiary/aromatic N) is 2. The third-order valence-electron chi connectivity index (χ3n) is 3.90. The number of likely N-dealkylation sites (tertiary alicyclic amines) is 1. The van der Waals surface area contributed by atoms with Gasteiger partial charge in [0, 0.05) is 24.8 Å². The number of carboxylic acid groups (broad SMARTS) is 1. The summed E-state index contributed by atoms with van der Waals surface area (Å²) in [6.45, 7) is 2.69. The van der Waals surface area contributed by atoms with Crippen molar-refractivity contribution in [3.8, 4) is 5.75 Å². The first-order valence-corrected chi connectivity index (χ1v) is 7.29. The van der Waals surface area contributed by atoms with Crippen LogP contribution in [0.25, 0.3) is 0 Å². The molecule has 0 bridgehead atoms. The average molecular weight is 307 g/mol. The summed E-state index contributed by atoms with van der Waals surface area (Å²) in [5, 5.41) is 12.0. The lowest BCUT2D eigenvalue weighted by atomic mass is 9.98. The van der Waals surface area contributed by atoms with Gasteiger partial charge in [0.25, 0.3) is 0 Å². The number of nitrogens with one attached hydrogen (secondary N) is 1. The van der Waals surface area contributed by atoms with E-state index in [9.17, 15) is 9.59 Å². The van der Waals surface area contributed by atoms with Crippen molar-refractivity contribution in [1.29, 1.82) is 0 Å². The molecule has 2 heterocycles. The molecule has 2 amide bonds. The SMILES string of the molecule is COc1cnccc1C(C)NC(=O)N1CCCC(C(=O)O)C1. The molecule has 22 heavy (non-hydrogen) atoms. The topological polar surface area (TPSA) is 91.8 Å². The number of ether oxygens (including phenoxy) is 1. The van der Waals surface area contributed by atoms with Gasteiger partial charge in [0.1, 0.15) is 5.75 Å². The zero-order valence-electron chi connectivity index (χ0n) is 12.8. The van der Waals surface area contributed by atoms with E-state index in [2.05, 4.69) is 10.3 Å². The summed E-state index contributed by atoms with van der Waals surface area (Å²) < 4.78 is 5.24. The lowest BCUT2D eigenvalue weighted by Crippen LogP contribution is -2.47. The highest BCUT2D eigenvalue weighted by atomic mass is 16.5. The van der Waals surface area contributed by atoms with Crippen LogP contribution >= 0.6 is 0 Å². The molecular weight excluding hydrogens is 286 g/mol. The number of hydrogen-bond acceptors (Lipinski definition) is 4. The van der Waals surface area contributed by atoms with E-state index in [4.69, 9.17) is 9.84 Å². The number of hydrogen-bond donors (Lipinski definition) is 2. The van der Waals surface area contributed by atoms with Crippen molar-refractivity contribution >= 4 is 12.0 Å². The molecule has 1 fully saturated rings. The molecule has 0 aliphatic carbocycles. The fourth-order valence-corrected chi connectivity index (χ4v) is 2.64.